The number of nitrogens with zero attached hydrogens (tertiary/aromatic N) is 5. The van der Waals surface area contributed by atoms with Gasteiger partial charge in [0.25, 0.3) is 0 Å². The van der Waals surface area contributed by atoms with Crippen LogP contribution in [0.1, 0.15) is 22.3 Å². The minimum absolute atomic E-state index is 0.462. The summed E-state index contributed by atoms with van der Waals surface area (Å²) >= 11 is 0. The van der Waals surface area contributed by atoms with Crippen molar-refractivity contribution in [3.05, 3.63) is 222 Å². The highest BCUT2D eigenvalue weighted by atomic mass is 16.3. The van der Waals surface area contributed by atoms with Gasteiger partial charge in [0.15, 0.2) is 5.82 Å². The van der Waals surface area contributed by atoms with Gasteiger partial charge in [-0.1, -0.05) is 152 Å². The first kappa shape index (κ1) is 34.0. The van der Waals surface area contributed by atoms with E-state index in [1.807, 2.05) is 18.2 Å². The summed E-state index contributed by atoms with van der Waals surface area (Å²) in [5, 5.41) is 6.69. The Hall–Kier alpha value is -8.61. The van der Waals surface area contributed by atoms with Gasteiger partial charge in [-0.25, -0.2) is 0 Å². The van der Waals surface area contributed by atoms with E-state index in [0.29, 0.717) is 17.7 Å². The zero-order valence-corrected chi connectivity index (χ0v) is 34.2. The molecule has 4 aromatic heterocycles. The second kappa shape index (κ2) is 12.3. The minimum atomic E-state index is -0.462. The van der Waals surface area contributed by atoms with Crippen LogP contribution in [0.5, 0.6) is 0 Å². The monoisotopic (exact) mass is 815 g/mol. The highest BCUT2D eigenvalue weighted by molar-refractivity contribution is 6.13. The van der Waals surface area contributed by atoms with Gasteiger partial charge in [0.1, 0.15) is 11.2 Å². The predicted molar refractivity (Wildman–Crippen MR) is 258 cm³/mol. The molecular weight excluding hydrogens is 783 g/mol. The molecule has 0 fully saturated rings. The molecule has 4 heterocycles. The van der Waals surface area contributed by atoms with Crippen LogP contribution in [0.4, 0.5) is 0 Å². The summed E-state index contributed by atoms with van der Waals surface area (Å²) in [6.07, 6.45) is 0. The molecule has 0 N–H and O–H groups in total. The number of furan rings is 1. The molecule has 6 nitrogen and oxygen atoms in total. The molecule has 6 heteroatoms. The van der Waals surface area contributed by atoms with E-state index >= 15 is 0 Å². The lowest BCUT2D eigenvalue weighted by Gasteiger charge is -2.30. The van der Waals surface area contributed by atoms with Crippen LogP contribution in [0.25, 0.3) is 111 Å². The van der Waals surface area contributed by atoms with Crippen molar-refractivity contribution in [1.29, 1.82) is 0 Å². The van der Waals surface area contributed by atoms with Gasteiger partial charge in [0.05, 0.1) is 27.5 Å². The van der Waals surface area contributed by atoms with Gasteiger partial charge in [-0.15, -0.1) is 0 Å². The Balaban J connectivity index is 1.05. The van der Waals surface area contributed by atoms with E-state index in [-0.39, 0.29) is 0 Å². The lowest BCUT2D eigenvalue weighted by atomic mass is 9.70. The maximum Gasteiger partial charge on any atom is 0.240 e. The molecule has 0 aliphatic heterocycles. The summed E-state index contributed by atoms with van der Waals surface area (Å²) in [4.78, 5) is 16.3. The second-order valence-electron chi connectivity index (χ2n) is 17.1. The standard InChI is InChI=1S/C58H33N5O/c1-8-22-45-35(15-1)36-16-2-9-23-46(36)58(45)47-24-10-3-17-37(47)43-33-52-44(32-48(43)58)40-20-6-13-27-51(40)63(52)57-60-55(34-29-30-42-41-21-7-14-28-53(41)64-54(42)31-34)59-56(61-57)62-49-25-11-4-18-38(49)39-19-5-12-26-50(39)62/h1-33H. The maximum absolute atomic E-state index is 6.42. The van der Waals surface area contributed by atoms with Gasteiger partial charge in [-0.05, 0) is 93.0 Å². The van der Waals surface area contributed by atoms with Crippen molar-refractivity contribution in [2.45, 2.75) is 5.41 Å². The Kier molecular flexibility index (Phi) is 6.53. The third kappa shape index (κ3) is 4.26. The normalized spacial score (nSPS) is 13.4. The molecule has 0 atom stereocenters. The van der Waals surface area contributed by atoms with E-state index in [0.717, 1.165) is 71.1 Å². The van der Waals surface area contributed by atoms with Crippen LogP contribution in [0.2, 0.25) is 0 Å². The summed E-state index contributed by atoms with van der Waals surface area (Å²) < 4.78 is 10.9. The van der Waals surface area contributed by atoms with Crippen LogP contribution in [-0.2, 0) is 5.41 Å². The Morgan fingerprint density at radius 2 is 0.797 bits per heavy atom. The van der Waals surface area contributed by atoms with Crippen LogP contribution in [-0.4, -0.2) is 24.1 Å². The molecule has 9 aromatic carbocycles. The molecule has 0 amide bonds. The number of aromatic nitrogens is 5. The smallest absolute Gasteiger partial charge is 0.240 e. The molecule has 296 valence electrons. The van der Waals surface area contributed by atoms with Crippen LogP contribution < -0.4 is 0 Å². The summed E-state index contributed by atoms with van der Waals surface area (Å²) in [6, 6.07) is 71.9. The topological polar surface area (TPSA) is 61.7 Å². The van der Waals surface area contributed by atoms with Crippen molar-refractivity contribution in [2.75, 3.05) is 0 Å². The van der Waals surface area contributed by atoms with Crippen molar-refractivity contribution >= 4 is 65.6 Å². The van der Waals surface area contributed by atoms with Crippen LogP contribution in [0.15, 0.2) is 205 Å². The molecule has 1 spiro atoms. The second-order valence-corrected chi connectivity index (χ2v) is 17.1. The molecule has 15 rings (SSSR count). The molecule has 0 saturated carbocycles. The fourth-order valence-electron chi connectivity index (χ4n) is 11.5. The third-order valence-electron chi connectivity index (χ3n) is 14.0. The Morgan fingerprint density at radius 3 is 1.41 bits per heavy atom. The molecule has 0 saturated heterocycles. The van der Waals surface area contributed by atoms with Crippen molar-refractivity contribution in [1.82, 2.24) is 24.1 Å². The van der Waals surface area contributed by atoms with E-state index in [2.05, 4.69) is 191 Å². The minimum Gasteiger partial charge on any atom is -0.456 e. The van der Waals surface area contributed by atoms with Crippen molar-refractivity contribution < 1.29 is 4.42 Å². The van der Waals surface area contributed by atoms with E-state index in [4.69, 9.17) is 19.4 Å². The molecule has 64 heavy (non-hydrogen) atoms. The fourth-order valence-corrected chi connectivity index (χ4v) is 11.5. The Bertz CT molecular complexity index is 4070. The predicted octanol–water partition coefficient (Wildman–Crippen LogP) is 14.0. The zero-order chi connectivity index (χ0) is 41.7. The lowest BCUT2D eigenvalue weighted by Crippen LogP contribution is -2.25. The highest BCUT2D eigenvalue weighted by Crippen LogP contribution is 2.63. The first-order valence-electron chi connectivity index (χ1n) is 21.8. The molecular formula is C58H33N5O. The molecule has 2 aliphatic carbocycles. The van der Waals surface area contributed by atoms with Gasteiger partial charge >= 0.3 is 0 Å². The summed E-state index contributed by atoms with van der Waals surface area (Å²) in [5.74, 6) is 1.63. The van der Waals surface area contributed by atoms with E-state index in [9.17, 15) is 0 Å². The number of benzene rings is 9. The van der Waals surface area contributed by atoms with Crippen LogP contribution in [0, 0.1) is 0 Å². The average molecular weight is 816 g/mol. The van der Waals surface area contributed by atoms with Gasteiger partial charge in [0.2, 0.25) is 11.9 Å². The highest BCUT2D eigenvalue weighted by Gasteiger charge is 2.51. The Labute approximate surface area is 366 Å². The largest absolute Gasteiger partial charge is 0.456 e. The van der Waals surface area contributed by atoms with E-state index < -0.39 is 5.41 Å². The number of para-hydroxylation sites is 4. The molecule has 13 aromatic rings. The van der Waals surface area contributed by atoms with Crippen LogP contribution >= 0.6 is 0 Å². The third-order valence-corrected chi connectivity index (χ3v) is 14.0. The molecule has 2 aliphatic rings. The summed E-state index contributed by atoms with van der Waals surface area (Å²) in [5.41, 5.74) is 16.4. The SMILES string of the molecule is c1ccc2c(c1)-c1ccccc1C21c2ccccc2-c2cc3c(cc21)c1ccccc1n3-c1nc(-c2ccc3c(c2)oc2ccccc23)nc(-n2c3ccccc3c3ccccc32)n1. The molecule has 0 bridgehead atoms. The van der Waals surface area contributed by atoms with Gasteiger partial charge in [0, 0.05) is 37.9 Å². The van der Waals surface area contributed by atoms with Crippen molar-refractivity contribution in [3.8, 4) is 45.5 Å². The van der Waals surface area contributed by atoms with Gasteiger partial charge in [-0.2, -0.15) is 15.0 Å². The van der Waals surface area contributed by atoms with Crippen LogP contribution in [0.3, 0.4) is 0 Å². The quantitative estimate of drug-likeness (QED) is 0.178. The van der Waals surface area contributed by atoms with E-state index in [1.165, 1.54) is 44.5 Å². The van der Waals surface area contributed by atoms with Gasteiger partial charge < -0.3 is 4.42 Å². The number of hydrogen-bond acceptors (Lipinski definition) is 4. The summed E-state index contributed by atoms with van der Waals surface area (Å²) in [6.45, 7) is 0. The first-order chi connectivity index (χ1) is 31.7. The number of hydrogen-bond donors (Lipinski definition) is 0. The van der Waals surface area contributed by atoms with E-state index in [1.54, 1.807) is 0 Å². The summed E-state index contributed by atoms with van der Waals surface area (Å²) in [7, 11) is 0. The first-order valence-corrected chi connectivity index (χ1v) is 21.8. The molecule has 0 unspecified atom stereocenters. The molecule has 0 radical (unpaired) electrons. The maximum atomic E-state index is 6.42. The lowest BCUT2D eigenvalue weighted by molar-refractivity contribution is 0.669. The average Bonchev–Trinajstić information content (AvgIpc) is 4.14. The number of fused-ring (bicyclic) bond motifs is 19. The van der Waals surface area contributed by atoms with Crippen molar-refractivity contribution in [2.24, 2.45) is 0 Å². The number of rotatable bonds is 3. The van der Waals surface area contributed by atoms with Gasteiger partial charge in [-0.3, -0.25) is 9.13 Å². The zero-order valence-electron chi connectivity index (χ0n) is 34.2. The Morgan fingerprint density at radius 1 is 0.328 bits per heavy atom. The fraction of sp³-hybridized carbons (Fsp3) is 0.0172. The van der Waals surface area contributed by atoms with Crippen molar-refractivity contribution in [3.63, 3.8) is 0 Å².